The number of amides is 4. The van der Waals surface area contributed by atoms with Crippen molar-refractivity contribution < 1.29 is 105 Å². The predicted octanol–water partition coefficient (Wildman–Crippen LogP) is 8.92. The molecule has 6 bridgehead atoms. The van der Waals surface area contributed by atoms with Gasteiger partial charge in [0.2, 0.25) is 23.6 Å². The van der Waals surface area contributed by atoms with Crippen LogP contribution in [-0.4, -0.2) is 180 Å². The number of halogens is 3. The minimum atomic E-state index is -5.19. The molecule has 0 spiro atoms. The molecule has 9 saturated carbocycles. The summed E-state index contributed by atoms with van der Waals surface area (Å²) in [5, 5.41) is 45.6. The van der Waals surface area contributed by atoms with Gasteiger partial charge in [-0.1, -0.05) is 126 Å². The molecule has 3 aliphatic heterocycles. The van der Waals surface area contributed by atoms with Gasteiger partial charge in [0.15, 0.2) is 17.3 Å². The maximum absolute atomic E-state index is 12.6. The highest BCUT2D eigenvalue weighted by molar-refractivity contribution is 7.16. The summed E-state index contributed by atoms with van der Waals surface area (Å²) in [5.74, 6) is -1.89. The van der Waals surface area contributed by atoms with E-state index < -0.39 is 55.2 Å². The molecule has 25 atom stereocenters. The first-order chi connectivity index (χ1) is 48.0. The fraction of sp³-hybridized carbons (Fsp3) is 0.878. The van der Waals surface area contributed by atoms with Gasteiger partial charge in [0.1, 0.15) is 12.0 Å². The van der Waals surface area contributed by atoms with E-state index in [4.69, 9.17) is 58.7 Å². The van der Waals surface area contributed by atoms with Crippen molar-refractivity contribution in [2.75, 3.05) is 12.3 Å². The van der Waals surface area contributed by atoms with E-state index in [9.17, 15) is 51.5 Å². The third-order valence-electron chi connectivity index (χ3n) is 25.0. The molecule has 12 fully saturated rings. The molecule has 3 heterocycles. The third kappa shape index (κ3) is 24.0. The Balaban J connectivity index is 0.000000453. The molecule has 0 aromatic heterocycles. The largest absolute Gasteiger partial charge is 0.542 e. The fourth-order valence-electron chi connectivity index (χ4n) is 16.3. The van der Waals surface area contributed by atoms with E-state index in [2.05, 4.69) is 102 Å². The highest BCUT2D eigenvalue weighted by Gasteiger charge is 2.71. The number of alkyl halides is 3. The molecule has 12 rings (SSSR count). The van der Waals surface area contributed by atoms with Crippen molar-refractivity contribution in [3.05, 3.63) is 0 Å². The van der Waals surface area contributed by atoms with E-state index in [1.54, 1.807) is 41.5 Å². The van der Waals surface area contributed by atoms with Gasteiger partial charge >= 0.3 is 40.6 Å². The smallest absolute Gasteiger partial charge is 0.475 e. The van der Waals surface area contributed by atoms with Crippen LogP contribution in [-0.2, 0) is 71.1 Å². The van der Waals surface area contributed by atoms with Gasteiger partial charge in [0, 0.05) is 48.9 Å². The minimum Gasteiger partial charge on any atom is -0.542 e. The number of rotatable bonds is 25. The van der Waals surface area contributed by atoms with Crippen LogP contribution in [0.1, 0.15) is 238 Å². The van der Waals surface area contributed by atoms with Crippen molar-refractivity contribution in [2.45, 2.75) is 327 Å². The van der Waals surface area contributed by atoms with Gasteiger partial charge < -0.3 is 80.0 Å². The maximum Gasteiger partial charge on any atom is 0.475 e. The number of hydrogen-bond donors (Lipinski definition) is 8. The Kier molecular flexibility index (Phi) is 37.1. The summed E-state index contributed by atoms with van der Waals surface area (Å²) in [6.07, 6.45) is 5.12. The normalized spacial score (nSPS) is 30.8. The predicted molar refractivity (Wildman–Crippen MR) is 416 cm³/mol. The van der Waals surface area contributed by atoms with Crippen LogP contribution in [0.5, 0.6) is 0 Å². The lowest BCUT2D eigenvalue weighted by Gasteiger charge is -2.64. The second-order valence-electron chi connectivity index (χ2n) is 34.5. The van der Waals surface area contributed by atoms with Crippen molar-refractivity contribution in [2.24, 2.45) is 81.2 Å². The van der Waals surface area contributed by atoms with Crippen LogP contribution in [0, 0.1) is 75.4 Å². The summed E-state index contributed by atoms with van der Waals surface area (Å²) < 4.78 is 69.1. The number of carbonyl (C=O) groups is 9. The fourth-order valence-corrected chi connectivity index (χ4v) is 16.8. The molecular weight excluding hydrogens is 1430 g/mol. The Morgan fingerprint density at radius 1 is 0.505 bits per heavy atom. The van der Waals surface area contributed by atoms with Crippen LogP contribution in [0.3, 0.4) is 0 Å². The molecule has 9 aliphatic carbocycles. The zero-order valence-electron chi connectivity index (χ0n) is 66.7. The molecule has 9 N–H and O–H groups in total. The van der Waals surface area contributed by atoms with Gasteiger partial charge in [-0.25, -0.2) is 0 Å². The number of ketones is 3. The Hall–Kier alpha value is -3.62. The first kappa shape index (κ1) is 99.5. The summed E-state index contributed by atoms with van der Waals surface area (Å²) in [5.41, 5.74) is 6.36. The molecular formula is C74H135B4F3N5O19P2-. The molecule has 12 aliphatic rings. The second kappa shape index (κ2) is 39.9. The third-order valence-corrected chi connectivity index (χ3v) is 26.4. The van der Waals surface area contributed by atoms with Crippen LogP contribution in [0.2, 0.25) is 17.5 Å². The van der Waals surface area contributed by atoms with Crippen molar-refractivity contribution in [1.29, 1.82) is 0 Å². The number of nitrogens with one attached hydrogen (secondary N) is 4. The lowest BCUT2D eigenvalue weighted by molar-refractivity contribution is -0.344. The molecule has 0 radical (unpaired) electrons. The molecule has 107 heavy (non-hydrogen) atoms. The number of nitrogens with two attached hydrogens (primary N) is 1. The van der Waals surface area contributed by atoms with Gasteiger partial charge in [0.05, 0.1) is 53.2 Å². The summed E-state index contributed by atoms with van der Waals surface area (Å²) in [4.78, 5) is 102. The highest BCUT2D eigenvalue weighted by Crippen LogP contribution is 2.68. The number of carboxylic acids is 2. The molecule has 0 aromatic rings. The molecule has 3 saturated heterocycles. The topological polar surface area (TPSA) is 367 Å². The van der Waals surface area contributed by atoms with Gasteiger partial charge in [0.25, 0.3) is 0 Å². The summed E-state index contributed by atoms with van der Waals surface area (Å²) in [7, 11) is 2.65. The SMILES string of the molecule is C.C.CC(C)C(=O)NC(C)C(=O)C[C@@H](C)B1O[C@@H]2C[C@@H]3C[C@@H](C3(C)C)[C@]2(C)O1.CC(CP)C(=O)NC(C)C(=O)C[C@@H](C)B(O)O.CC(CP)C(=O)NC(C)C(=O)C[C@@H](C)B1O[C@@H]2C[C@@H]3C[C@@H](C3(C)C)[C@]2(C)O1.CCC(C)C(=O)NC(C)C(=O)O.C[C@H](N)B1O[C@@H]2C[C@@H]3C[C@@H](C3(C)C)[C@]2(C)O1.O=C([O-])C(F)(F)F. The van der Waals surface area contributed by atoms with Crippen molar-refractivity contribution in [1.82, 2.24) is 21.3 Å². The lowest BCUT2D eigenvalue weighted by atomic mass is 9.43. The van der Waals surface area contributed by atoms with Crippen LogP contribution >= 0.6 is 18.5 Å². The quantitative estimate of drug-likeness (QED) is 0.0312. The molecule has 614 valence electrons. The first-order valence-corrected chi connectivity index (χ1v) is 39.5. The first-order valence-electron chi connectivity index (χ1n) is 37.9. The van der Waals surface area contributed by atoms with E-state index >= 15 is 0 Å². The Morgan fingerprint density at radius 2 is 0.785 bits per heavy atom. The number of carboxylic acid groups (broad SMARTS) is 2. The molecule has 9 unspecified atom stereocenters. The molecule has 0 aromatic carbocycles. The number of Topliss-reactive ketones (excluding diaryl/α,β-unsaturated/α-hetero) is 3. The number of hydrogen-bond acceptors (Lipinski definition) is 19. The van der Waals surface area contributed by atoms with Gasteiger partial charge in [-0.3, -0.25) is 38.4 Å². The van der Waals surface area contributed by atoms with E-state index in [0.717, 1.165) is 37.5 Å². The standard InChI is InChI=1S/C20H35BNO4P.C20H34BNO4.C12H22BNO2.C10H21BNO4P.C8H15NO3.C2HF3O2.2CH4/c1-11(10-27)18(24)22-13(3)15(23)7-12(2)21-25-17-9-14-8-16(19(14,4)5)20(17,6)26-21;1-11(2)18(24)22-13(4)15(23)8-12(3)21-25-17-10-14-9-16(19(14,5)6)20(17,7)26-21;1-7(14)13-15-10-6-8-5-9(11(8,2)3)12(10,4)16-13;1-6(5-17)10(14)12-8(3)9(13)4-7(2)11(15)16;1-4-5(2)7(10)9-6(3)8(11)12;3-2(4,5)1(6)7;;/h11-14,16-17H,7-10,27H2,1-6H3,(H,22,24);11-14,16-17H,8-10H2,1-7H3,(H,22,24);7-10H,5-6,14H2,1-4H3;6-8,15-16H,4-5,17H2,1-3H3,(H,12,14);5-6H,4H2,1-3H3,(H,9,10)(H,11,12);(H,6,7);2*1H4/p-1/t11?,12-,13?,14+,16+,17-,20+;12-,13?,14+,16+,17-,20+;7-,8-,9-,10+,12-;6?,7-,8?;;;;/m1101..../s1. The van der Waals surface area contributed by atoms with Crippen molar-refractivity contribution in [3.8, 4) is 0 Å². The van der Waals surface area contributed by atoms with Crippen LogP contribution in [0.25, 0.3) is 0 Å². The van der Waals surface area contributed by atoms with E-state index in [0.29, 0.717) is 65.1 Å². The summed E-state index contributed by atoms with van der Waals surface area (Å²) in [6.45, 7) is 45.8. The summed E-state index contributed by atoms with van der Waals surface area (Å²) in [6, 6.07) is -2.35. The Bertz CT molecular complexity index is 3020. The Labute approximate surface area is 643 Å². The zero-order chi connectivity index (χ0) is 80.7. The van der Waals surface area contributed by atoms with Crippen LogP contribution < -0.4 is 32.1 Å². The van der Waals surface area contributed by atoms with Gasteiger partial charge in [-0.05, 0) is 175 Å². The van der Waals surface area contributed by atoms with Gasteiger partial charge in [-0.2, -0.15) is 13.2 Å². The van der Waals surface area contributed by atoms with E-state index in [-0.39, 0.29) is 160 Å². The number of aliphatic carboxylic acids is 2. The van der Waals surface area contributed by atoms with Crippen molar-refractivity contribution >= 4 is 99.9 Å². The minimum absolute atomic E-state index is 0. The van der Waals surface area contributed by atoms with Crippen molar-refractivity contribution in [3.63, 3.8) is 0 Å². The molecule has 24 nitrogen and oxygen atoms in total. The van der Waals surface area contributed by atoms with E-state index in [1.165, 1.54) is 26.2 Å². The second-order valence-corrected chi connectivity index (χ2v) is 35.5. The molecule has 4 amide bonds. The number of carbonyl (C=O) groups excluding carboxylic acids is 8. The molecule has 33 heteroatoms. The van der Waals surface area contributed by atoms with Gasteiger partial charge in [-0.15, -0.1) is 18.5 Å². The Morgan fingerprint density at radius 3 is 1.05 bits per heavy atom. The lowest BCUT2D eigenvalue weighted by Crippen LogP contribution is -2.65. The maximum atomic E-state index is 12.6. The van der Waals surface area contributed by atoms with E-state index in [1.807, 2.05) is 48.5 Å². The average molecular weight is 1560 g/mol. The summed E-state index contributed by atoms with van der Waals surface area (Å²) >= 11 is 0. The monoisotopic (exact) mass is 1560 g/mol. The van der Waals surface area contributed by atoms with Crippen LogP contribution in [0.4, 0.5) is 13.2 Å². The zero-order valence-corrected chi connectivity index (χ0v) is 69.0. The average Bonchev–Trinajstić information content (AvgIpc) is 1.66. The van der Waals surface area contributed by atoms with Crippen LogP contribution in [0.15, 0.2) is 0 Å². The highest BCUT2D eigenvalue weighted by atomic mass is 31.0.